The van der Waals surface area contributed by atoms with Crippen molar-refractivity contribution < 1.29 is 9.59 Å². The second kappa shape index (κ2) is 5.38. The van der Waals surface area contributed by atoms with Gasteiger partial charge >= 0.3 is 6.03 Å². The Bertz CT molecular complexity index is 306. The Morgan fingerprint density at radius 3 is 3.06 bits per heavy atom. The third kappa shape index (κ3) is 2.70. The monoisotopic (exact) mass is 239 g/mol. The first-order chi connectivity index (χ1) is 8.22. The first-order valence-electron chi connectivity index (χ1n) is 6.54. The lowest BCUT2D eigenvalue weighted by molar-refractivity contribution is -0.130. The van der Waals surface area contributed by atoms with Gasteiger partial charge in [-0.25, -0.2) is 4.79 Å². The predicted molar refractivity (Wildman–Crippen MR) is 64.6 cm³/mol. The van der Waals surface area contributed by atoms with Gasteiger partial charge in [-0.15, -0.1) is 0 Å². The van der Waals surface area contributed by atoms with Crippen molar-refractivity contribution in [2.75, 3.05) is 26.2 Å². The van der Waals surface area contributed by atoms with Gasteiger partial charge in [0.2, 0.25) is 5.91 Å². The summed E-state index contributed by atoms with van der Waals surface area (Å²) in [6.45, 7) is 4.92. The predicted octanol–water partition coefficient (Wildman–Crippen LogP) is 0.803. The van der Waals surface area contributed by atoms with Crippen molar-refractivity contribution in [2.45, 2.75) is 38.6 Å². The highest BCUT2D eigenvalue weighted by molar-refractivity contribution is 5.80. The number of unbranched alkanes of at least 4 members (excludes halogenated alkanes) is 1. The molecule has 5 heteroatoms. The summed E-state index contributed by atoms with van der Waals surface area (Å²) in [6, 6.07) is 0.283. The number of hydrogen-bond acceptors (Lipinski definition) is 2. The van der Waals surface area contributed by atoms with Crippen LogP contribution in [0.25, 0.3) is 0 Å². The van der Waals surface area contributed by atoms with Crippen LogP contribution < -0.4 is 5.32 Å². The lowest BCUT2D eigenvalue weighted by atomic mass is 10.2. The Kier molecular flexibility index (Phi) is 3.86. The van der Waals surface area contributed by atoms with Gasteiger partial charge in [0.25, 0.3) is 0 Å². The van der Waals surface area contributed by atoms with E-state index in [4.69, 9.17) is 0 Å². The molecule has 2 fully saturated rings. The maximum Gasteiger partial charge on any atom is 0.317 e. The number of carbonyl (C=O) groups is 2. The molecule has 2 rings (SSSR count). The second-order valence-corrected chi connectivity index (χ2v) is 4.81. The van der Waals surface area contributed by atoms with Gasteiger partial charge in [-0.3, -0.25) is 4.79 Å². The number of rotatable bonds is 3. The highest BCUT2D eigenvalue weighted by Crippen LogP contribution is 2.22. The van der Waals surface area contributed by atoms with E-state index in [1.165, 1.54) is 0 Å². The van der Waals surface area contributed by atoms with E-state index in [0.717, 1.165) is 25.8 Å². The maximum absolute atomic E-state index is 11.9. The summed E-state index contributed by atoms with van der Waals surface area (Å²) in [7, 11) is 0. The summed E-state index contributed by atoms with van der Waals surface area (Å²) in [6.07, 6.45) is 3.66. The second-order valence-electron chi connectivity index (χ2n) is 4.81. The zero-order valence-electron chi connectivity index (χ0n) is 10.4. The van der Waals surface area contributed by atoms with Crippen molar-refractivity contribution in [2.24, 2.45) is 0 Å². The van der Waals surface area contributed by atoms with Crippen LogP contribution in [0.1, 0.15) is 32.6 Å². The molecule has 0 spiro atoms. The summed E-state index contributed by atoms with van der Waals surface area (Å²) < 4.78 is 0. The van der Waals surface area contributed by atoms with Crippen LogP contribution in [0.3, 0.4) is 0 Å². The average Bonchev–Trinajstić information content (AvgIpc) is 2.71. The van der Waals surface area contributed by atoms with E-state index in [-0.39, 0.29) is 18.0 Å². The van der Waals surface area contributed by atoms with Crippen LogP contribution >= 0.6 is 0 Å². The molecular weight excluding hydrogens is 218 g/mol. The molecule has 0 bridgehead atoms. The van der Waals surface area contributed by atoms with Gasteiger partial charge in [-0.1, -0.05) is 13.3 Å². The fourth-order valence-electron chi connectivity index (χ4n) is 2.53. The molecule has 17 heavy (non-hydrogen) atoms. The molecule has 1 unspecified atom stereocenters. The summed E-state index contributed by atoms with van der Waals surface area (Å²) >= 11 is 0. The molecule has 0 saturated carbocycles. The molecule has 2 aliphatic rings. The molecule has 96 valence electrons. The lowest BCUT2D eigenvalue weighted by Gasteiger charge is -2.37. The van der Waals surface area contributed by atoms with Crippen LogP contribution in [0.5, 0.6) is 0 Å². The molecule has 1 atom stereocenters. The SMILES string of the molecule is CCCCNC(=O)N1CCN2C(=O)CCC2C1. The molecule has 0 radical (unpaired) electrons. The zero-order valence-corrected chi connectivity index (χ0v) is 10.4. The van der Waals surface area contributed by atoms with Gasteiger partial charge < -0.3 is 15.1 Å². The number of hydrogen-bond donors (Lipinski definition) is 1. The Morgan fingerprint density at radius 2 is 2.29 bits per heavy atom. The Morgan fingerprint density at radius 1 is 1.47 bits per heavy atom. The van der Waals surface area contributed by atoms with E-state index >= 15 is 0 Å². The molecule has 0 aromatic heterocycles. The van der Waals surface area contributed by atoms with Crippen LogP contribution in [-0.4, -0.2) is 54.0 Å². The van der Waals surface area contributed by atoms with Crippen LogP contribution in [0.2, 0.25) is 0 Å². The zero-order chi connectivity index (χ0) is 12.3. The van der Waals surface area contributed by atoms with Gasteiger partial charge in [0.1, 0.15) is 0 Å². The molecule has 5 nitrogen and oxygen atoms in total. The number of urea groups is 1. The molecule has 2 heterocycles. The molecule has 0 aliphatic carbocycles. The molecule has 3 amide bonds. The first-order valence-corrected chi connectivity index (χ1v) is 6.54. The van der Waals surface area contributed by atoms with Gasteiger partial charge in [0.15, 0.2) is 0 Å². The van der Waals surface area contributed by atoms with Crippen molar-refractivity contribution in [3.63, 3.8) is 0 Å². The fraction of sp³-hybridized carbons (Fsp3) is 0.833. The molecular formula is C12H21N3O2. The molecule has 1 N–H and O–H groups in total. The van der Waals surface area contributed by atoms with Crippen LogP contribution in [0.4, 0.5) is 4.79 Å². The maximum atomic E-state index is 11.9. The Hall–Kier alpha value is -1.26. The van der Waals surface area contributed by atoms with Gasteiger partial charge in [-0.2, -0.15) is 0 Å². The summed E-state index contributed by atoms with van der Waals surface area (Å²) in [5.74, 6) is 0.251. The van der Waals surface area contributed by atoms with Crippen LogP contribution in [-0.2, 0) is 4.79 Å². The topological polar surface area (TPSA) is 52.7 Å². The van der Waals surface area contributed by atoms with Crippen molar-refractivity contribution in [1.82, 2.24) is 15.1 Å². The standard InChI is InChI=1S/C12H21N3O2/c1-2-3-6-13-12(17)14-7-8-15-10(9-14)4-5-11(15)16/h10H,2-9H2,1H3,(H,13,17). The van der Waals surface area contributed by atoms with E-state index in [9.17, 15) is 9.59 Å². The van der Waals surface area contributed by atoms with Crippen LogP contribution in [0.15, 0.2) is 0 Å². The summed E-state index contributed by atoms with van der Waals surface area (Å²) in [5, 5.41) is 2.93. The Balaban J connectivity index is 1.80. The number of nitrogens with zero attached hydrogens (tertiary/aromatic N) is 2. The third-order valence-corrected chi connectivity index (χ3v) is 3.59. The molecule has 2 saturated heterocycles. The van der Waals surface area contributed by atoms with Gasteiger partial charge in [0.05, 0.1) is 0 Å². The number of fused-ring (bicyclic) bond motifs is 1. The van der Waals surface area contributed by atoms with E-state index in [2.05, 4.69) is 12.2 Å². The normalized spacial score (nSPS) is 23.8. The summed E-state index contributed by atoms with van der Waals surface area (Å²) in [5.41, 5.74) is 0. The number of carbonyl (C=O) groups excluding carboxylic acids is 2. The highest BCUT2D eigenvalue weighted by atomic mass is 16.2. The number of piperazine rings is 1. The van der Waals surface area contributed by atoms with E-state index in [1.54, 1.807) is 0 Å². The number of nitrogens with one attached hydrogen (secondary N) is 1. The summed E-state index contributed by atoms with van der Waals surface area (Å²) in [4.78, 5) is 27.1. The van der Waals surface area contributed by atoms with Crippen molar-refractivity contribution in [3.05, 3.63) is 0 Å². The number of amides is 3. The highest BCUT2D eigenvalue weighted by Gasteiger charge is 2.36. The van der Waals surface area contributed by atoms with Crippen LogP contribution in [0, 0.1) is 0 Å². The van der Waals surface area contributed by atoms with Crippen molar-refractivity contribution in [1.29, 1.82) is 0 Å². The first kappa shape index (κ1) is 12.2. The minimum atomic E-state index is 0.0254. The lowest BCUT2D eigenvalue weighted by Crippen LogP contribution is -2.55. The average molecular weight is 239 g/mol. The Labute approximate surface area is 102 Å². The van der Waals surface area contributed by atoms with E-state index in [0.29, 0.717) is 26.1 Å². The fourth-order valence-corrected chi connectivity index (χ4v) is 2.53. The minimum Gasteiger partial charge on any atom is -0.338 e. The largest absolute Gasteiger partial charge is 0.338 e. The van der Waals surface area contributed by atoms with Gasteiger partial charge in [0, 0.05) is 38.6 Å². The smallest absolute Gasteiger partial charge is 0.317 e. The van der Waals surface area contributed by atoms with Crippen molar-refractivity contribution >= 4 is 11.9 Å². The molecule has 0 aromatic carbocycles. The molecule has 2 aliphatic heterocycles. The third-order valence-electron chi connectivity index (χ3n) is 3.59. The quantitative estimate of drug-likeness (QED) is 0.741. The van der Waals surface area contributed by atoms with Gasteiger partial charge in [-0.05, 0) is 12.8 Å². The van der Waals surface area contributed by atoms with E-state index < -0.39 is 0 Å². The van der Waals surface area contributed by atoms with E-state index in [1.807, 2.05) is 9.80 Å². The minimum absolute atomic E-state index is 0.0254. The molecule has 0 aromatic rings. The van der Waals surface area contributed by atoms with Crippen molar-refractivity contribution in [3.8, 4) is 0 Å².